The molecule has 1 unspecified atom stereocenters. The van der Waals surface area contributed by atoms with Gasteiger partial charge in [-0.1, -0.05) is 0 Å². The quantitative estimate of drug-likeness (QED) is 0.775. The van der Waals surface area contributed by atoms with Crippen LogP contribution in [0.4, 0.5) is 4.79 Å². The van der Waals surface area contributed by atoms with E-state index in [4.69, 9.17) is 5.11 Å². The molecule has 0 aromatic rings. The largest absolute Gasteiger partial charge is 0.481 e. The lowest BCUT2D eigenvalue weighted by Crippen LogP contribution is -2.40. The van der Waals surface area contributed by atoms with E-state index < -0.39 is 5.97 Å². The number of rotatable bonds is 6. The van der Waals surface area contributed by atoms with Gasteiger partial charge in [0.15, 0.2) is 0 Å². The lowest BCUT2D eigenvalue weighted by Gasteiger charge is -2.25. The van der Waals surface area contributed by atoms with Gasteiger partial charge in [0, 0.05) is 33.1 Å². The van der Waals surface area contributed by atoms with E-state index in [1.54, 1.807) is 9.80 Å². The Labute approximate surface area is 115 Å². The van der Waals surface area contributed by atoms with Gasteiger partial charge in [-0.2, -0.15) is 0 Å². The number of amides is 2. The van der Waals surface area contributed by atoms with Crippen molar-refractivity contribution in [2.75, 3.05) is 47.3 Å². The molecule has 0 spiro atoms. The van der Waals surface area contributed by atoms with Gasteiger partial charge in [-0.25, -0.2) is 4.79 Å². The number of carboxylic acids is 1. The second kappa shape index (κ2) is 7.33. The maximum absolute atomic E-state index is 12.1. The Morgan fingerprint density at radius 2 is 1.95 bits per heavy atom. The van der Waals surface area contributed by atoms with Gasteiger partial charge in [-0.3, -0.25) is 4.79 Å². The van der Waals surface area contributed by atoms with Gasteiger partial charge < -0.3 is 19.8 Å². The minimum absolute atomic E-state index is 0.0200. The molecule has 1 aliphatic heterocycles. The lowest BCUT2D eigenvalue weighted by atomic mass is 10.1. The number of carboxylic acid groups (broad SMARTS) is 1. The van der Waals surface area contributed by atoms with Gasteiger partial charge in [0.05, 0.1) is 0 Å². The number of hydrogen-bond acceptors (Lipinski definition) is 3. The molecule has 0 saturated carbocycles. The van der Waals surface area contributed by atoms with Crippen LogP contribution in [0.2, 0.25) is 0 Å². The third kappa shape index (κ3) is 5.46. The topological polar surface area (TPSA) is 64.1 Å². The summed E-state index contributed by atoms with van der Waals surface area (Å²) in [6.07, 6.45) is 1.90. The molecule has 1 aliphatic rings. The minimum Gasteiger partial charge on any atom is -0.481 e. The summed E-state index contributed by atoms with van der Waals surface area (Å²) < 4.78 is 0. The molecular weight excluding hydrogens is 246 g/mol. The summed E-state index contributed by atoms with van der Waals surface area (Å²) in [4.78, 5) is 28.4. The van der Waals surface area contributed by atoms with E-state index in [1.807, 2.05) is 21.1 Å². The predicted molar refractivity (Wildman–Crippen MR) is 73.1 cm³/mol. The van der Waals surface area contributed by atoms with Crippen molar-refractivity contribution in [3.63, 3.8) is 0 Å². The number of aliphatic carboxylic acids is 1. The first-order chi connectivity index (χ1) is 8.90. The molecule has 1 heterocycles. The van der Waals surface area contributed by atoms with Crippen molar-refractivity contribution in [3.05, 3.63) is 0 Å². The van der Waals surface area contributed by atoms with Crippen molar-refractivity contribution in [1.82, 2.24) is 14.7 Å². The third-order valence-electron chi connectivity index (χ3n) is 3.45. The molecule has 19 heavy (non-hydrogen) atoms. The predicted octanol–water partition coefficient (Wildman–Crippen LogP) is 0.786. The zero-order valence-electron chi connectivity index (χ0n) is 12.1. The van der Waals surface area contributed by atoms with Crippen molar-refractivity contribution < 1.29 is 14.7 Å². The first-order valence-electron chi connectivity index (χ1n) is 6.76. The zero-order valence-corrected chi connectivity index (χ0v) is 12.1. The fourth-order valence-electron chi connectivity index (χ4n) is 2.38. The SMILES string of the molecule is CN(C)CCCN(C)C(=O)N1CCC(CC(=O)O)C1. The van der Waals surface area contributed by atoms with Crippen LogP contribution in [0.1, 0.15) is 19.3 Å². The smallest absolute Gasteiger partial charge is 0.319 e. The molecule has 1 rings (SSSR count). The van der Waals surface area contributed by atoms with Gasteiger partial charge in [0.1, 0.15) is 0 Å². The highest BCUT2D eigenvalue weighted by atomic mass is 16.4. The maximum Gasteiger partial charge on any atom is 0.319 e. The summed E-state index contributed by atoms with van der Waals surface area (Å²) in [5, 5.41) is 8.76. The van der Waals surface area contributed by atoms with Crippen molar-refractivity contribution in [1.29, 1.82) is 0 Å². The van der Waals surface area contributed by atoms with E-state index in [0.29, 0.717) is 13.1 Å². The fraction of sp³-hybridized carbons (Fsp3) is 0.846. The monoisotopic (exact) mass is 271 g/mol. The van der Waals surface area contributed by atoms with Gasteiger partial charge in [-0.05, 0) is 39.4 Å². The Morgan fingerprint density at radius 3 is 2.53 bits per heavy atom. The van der Waals surface area contributed by atoms with E-state index in [9.17, 15) is 9.59 Å². The summed E-state index contributed by atoms with van der Waals surface area (Å²) in [5.41, 5.74) is 0. The second-order valence-corrected chi connectivity index (χ2v) is 5.56. The van der Waals surface area contributed by atoms with E-state index in [2.05, 4.69) is 4.90 Å². The Balaban J connectivity index is 2.31. The first kappa shape index (κ1) is 15.8. The fourth-order valence-corrected chi connectivity index (χ4v) is 2.38. The Morgan fingerprint density at radius 1 is 1.26 bits per heavy atom. The van der Waals surface area contributed by atoms with Gasteiger partial charge >= 0.3 is 12.0 Å². The molecule has 0 aliphatic carbocycles. The first-order valence-corrected chi connectivity index (χ1v) is 6.76. The van der Waals surface area contributed by atoms with E-state index in [0.717, 1.165) is 25.9 Å². The van der Waals surface area contributed by atoms with Crippen molar-refractivity contribution in [3.8, 4) is 0 Å². The lowest BCUT2D eigenvalue weighted by molar-refractivity contribution is -0.138. The van der Waals surface area contributed by atoms with Crippen LogP contribution < -0.4 is 0 Å². The number of urea groups is 1. The van der Waals surface area contributed by atoms with Crippen LogP contribution in [0.15, 0.2) is 0 Å². The molecule has 1 atom stereocenters. The molecule has 110 valence electrons. The van der Waals surface area contributed by atoms with Crippen LogP contribution in [-0.2, 0) is 4.79 Å². The number of nitrogens with zero attached hydrogens (tertiary/aromatic N) is 3. The van der Waals surface area contributed by atoms with Crippen LogP contribution in [0.5, 0.6) is 0 Å². The van der Waals surface area contributed by atoms with Gasteiger partial charge in [0.2, 0.25) is 0 Å². The molecule has 1 fully saturated rings. The summed E-state index contributed by atoms with van der Waals surface area (Å²) in [5.74, 6) is -0.671. The molecule has 6 heteroatoms. The van der Waals surface area contributed by atoms with Crippen LogP contribution in [-0.4, -0.2) is 79.1 Å². The summed E-state index contributed by atoms with van der Waals surface area (Å²) in [6.45, 7) is 2.94. The van der Waals surface area contributed by atoms with Crippen LogP contribution >= 0.6 is 0 Å². The summed E-state index contributed by atoms with van der Waals surface area (Å²) in [6, 6.07) is 0.0200. The number of carbonyl (C=O) groups excluding carboxylic acids is 1. The third-order valence-corrected chi connectivity index (χ3v) is 3.45. The minimum atomic E-state index is -0.779. The number of hydrogen-bond donors (Lipinski definition) is 1. The van der Waals surface area contributed by atoms with Crippen LogP contribution in [0, 0.1) is 5.92 Å². The van der Waals surface area contributed by atoms with Gasteiger partial charge in [-0.15, -0.1) is 0 Å². The van der Waals surface area contributed by atoms with Crippen molar-refractivity contribution in [2.45, 2.75) is 19.3 Å². The van der Waals surface area contributed by atoms with Gasteiger partial charge in [0.25, 0.3) is 0 Å². The van der Waals surface area contributed by atoms with E-state index in [1.165, 1.54) is 0 Å². The molecular formula is C13H25N3O3. The average molecular weight is 271 g/mol. The molecule has 6 nitrogen and oxygen atoms in total. The van der Waals surface area contributed by atoms with E-state index in [-0.39, 0.29) is 18.4 Å². The molecule has 1 N–H and O–H groups in total. The Bertz CT molecular complexity index is 320. The Kier molecular flexibility index (Phi) is 6.08. The van der Waals surface area contributed by atoms with Crippen molar-refractivity contribution >= 4 is 12.0 Å². The van der Waals surface area contributed by atoms with E-state index >= 15 is 0 Å². The number of likely N-dealkylation sites (tertiary alicyclic amines) is 1. The Hall–Kier alpha value is -1.30. The maximum atomic E-state index is 12.1. The average Bonchev–Trinajstić information content (AvgIpc) is 2.74. The zero-order chi connectivity index (χ0) is 14.4. The van der Waals surface area contributed by atoms with Crippen LogP contribution in [0.3, 0.4) is 0 Å². The summed E-state index contributed by atoms with van der Waals surface area (Å²) in [7, 11) is 5.83. The number of carbonyl (C=O) groups is 2. The standard InChI is InChI=1S/C13H25N3O3/c1-14(2)6-4-7-15(3)13(19)16-8-5-11(10-16)9-12(17)18/h11H,4-10H2,1-3H3,(H,17,18). The molecule has 0 aromatic carbocycles. The molecule has 0 bridgehead atoms. The second-order valence-electron chi connectivity index (χ2n) is 5.56. The highest BCUT2D eigenvalue weighted by Gasteiger charge is 2.29. The molecule has 0 radical (unpaired) electrons. The molecule has 1 saturated heterocycles. The molecule has 2 amide bonds. The molecule has 0 aromatic heterocycles. The van der Waals surface area contributed by atoms with Crippen LogP contribution in [0.25, 0.3) is 0 Å². The highest BCUT2D eigenvalue weighted by Crippen LogP contribution is 2.20. The summed E-state index contributed by atoms with van der Waals surface area (Å²) >= 11 is 0. The van der Waals surface area contributed by atoms with Crippen molar-refractivity contribution in [2.24, 2.45) is 5.92 Å². The highest BCUT2D eigenvalue weighted by molar-refractivity contribution is 5.74. The normalized spacial score (nSPS) is 18.9.